The Balaban J connectivity index is 1.44. The SMILES string of the molecule is CCCCN(C(=O)CN1C[C@H](c2ccc3c(c2)CCO3)[C@@H](C(=O)O)[C@@H]1CCN1C(=O)CCC1=O)c1ccc[n+](C)c1. The zero-order valence-electron chi connectivity index (χ0n) is 23.8. The maximum atomic E-state index is 13.9. The number of aromatic nitrogens is 1. The number of aryl methyl sites for hydroxylation is 1. The lowest BCUT2D eigenvalue weighted by atomic mass is 9.83. The van der Waals surface area contributed by atoms with Crippen molar-refractivity contribution < 1.29 is 33.6 Å². The van der Waals surface area contributed by atoms with E-state index in [1.807, 2.05) is 59.2 Å². The number of pyridine rings is 1. The van der Waals surface area contributed by atoms with Crippen molar-refractivity contribution in [2.24, 2.45) is 13.0 Å². The molecule has 0 saturated carbocycles. The molecule has 1 aromatic heterocycles. The molecule has 2 aromatic rings. The van der Waals surface area contributed by atoms with Gasteiger partial charge >= 0.3 is 5.97 Å². The average Bonchev–Trinajstić information content (AvgIpc) is 3.64. The largest absolute Gasteiger partial charge is 0.493 e. The zero-order valence-corrected chi connectivity index (χ0v) is 23.8. The number of aliphatic carboxylic acids is 1. The predicted octanol–water partition coefficient (Wildman–Crippen LogP) is 2.29. The Morgan fingerprint density at radius 3 is 2.63 bits per heavy atom. The van der Waals surface area contributed by atoms with Gasteiger partial charge in [0.05, 0.1) is 19.1 Å². The van der Waals surface area contributed by atoms with E-state index in [4.69, 9.17) is 4.74 Å². The molecule has 3 aliphatic heterocycles. The molecule has 0 spiro atoms. The van der Waals surface area contributed by atoms with Crippen LogP contribution in [0.3, 0.4) is 0 Å². The summed E-state index contributed by atoms with van der Waals surface area (Å²) >= 11 is 0. The third kappa shape index (κ3) is 6.12. The number of unbranched alkanes of at least 4 members (excludes halogenated alkanes) is 1. The Morgan fingerprint density at radius 2 is 1.93 bits per heavy atom. The van der Waals surface area contributed by atoms with Crippen LogP contribution in [0.4, 0.5) is 5.69 Å². The molecular formula is C31H39N4O6+. The van der Waals surface area contributed by atoms with Crippen LogP contribution in [0.5, 0.6) is 5.75 Å². The normalized spacial score (nSPS) is 22.2. The van der Waals surface area contributed by atoms with E-state index in [0.29, 0.717) is 26.1 Å². The third-order valence-corrected chi connectivity index (χ3v) is 8.59. The number of nitrogens with zero attached hydrogens (tertiary/aromatic N) is 4. The standard InChI is InChI=1S/C31H38N4O6/c1-3-4-14-34(23-6-5-13-32(2)18-23)29(38)20-33-19-24(21-7-8-26-22(17-21)12-16-41-26)30(31(39)40)25(33)11-15-35-27(36)9-10-28(35)37/h5-8,13,17-18,24-25,30H,3-4,9-12,14-16,19-20H2,1-2H3/p+1/t24-,25+,30-/m1/s1. The predicted molar refractivity (Wildman–Crippen MR) is 150 cm³/mol. The zero-order chi connectivity index (χ0) is 29.1. The van der Waals surface area contributed by atoms with Gasteiger partial charge in [0, 0.05) is 56.9 Å². The van der Waals surface area contributed by atoms with Gasteiger partial charge in [0.2, 0.25) is 17.7 Å². The number of carboxylic acid groups (broad SMARTS) is 1. The maximum Gasteiger partial charge on any atom is 0.308 e. The number of carboxylic acids is 1. The number of ether oxygens (including phenoxy) is 1. The molecule has 10 heteroatoms. The number of carbonyl (C=O) groups excluding carboxylic acids is 3. The summed E-state index contributed by atoms with van der Waals surface area (Å²) < 4.78 is 7.56. The first-order valence-corrected chi connectivity index (χ1v) is 14.6. The summed E-state index contributed by atoms with van der Waals surface area (Å²) in [6.45, 7) is 3.83. The molecule has 218 valence electrons. The number of likely N-dealkylation sites (tertiary alicyclic amines) is 2. The molecule has 2 fully saturated rings. The van der Waals surface area contributed by atoms with Gasteiger partial charge in [-0.05, 0) is 36.1 Å². The molecule has 1 aromatic carbocycles. The number of carbonyl (C=O) groups is 4. The summed E-state index contributed by atoms with van der Waals surface area (Å²) in [6, 6.07) is 9.16. The van der Waals surface area contributed by atoms with Gasteiger partial charge in [-0.1, -0.05) is 25.5 Å². The highest BCUT2D eigenvalue weighted by Gasteiger charge is 2.48. The molecule has 5 rings (SSSR count). The van der Waals surface area contributed by atoms with Gasteiger partial charge in [-0.2, -0.15) is 0 Å². The number of rotatable bonds is 11. The van der Waals surface area contributed by atoms with E-state index in [1.165, 1.54) is 4.90 Å². The quantitative estimate of drug-likeness (QED) is 0.330. The van der Waals surface area contributed by atoms with E-state index in [9.17, 15) is 24.3 Å². The van der Waals surface area contributed by atoms with Crippen molar-refractivity contribution >= 4 is 29.4 Å². The van der Waals surface area contributed by atoms with Crippen LogP contribution in [0, 0.1) is 5.92 Å². The average molecular weight is 564 g/mol. The van der Waals surface area contributed by atoms with Crippen molar-refractivity contribution in [3.05, 3.63) is 53.9 Å². The summed E-state index contributed by atoms with van der Waals surface area (Å²) in [4.78, 5) is 56.4. The molecule has 0 radical (unpaired) electrons. The fourth-order valence-electron chi connectivity index (χ4n) is 6.47. The van der Waals surface area contributed by atoms with Gasteiger partial charge in [-0.3, -0.25) is 29.0 Å². The minimum atomic E-state index is -0.941. The van der Waals surface area contributed by atoms with Crippen molar-refractivity contribution in [2.45, 2.75) is 57.4 Å². The molecule has 3 atom stereocenters. The Hall–Kier alpha value is -3.79. The summed E-state index contributed by atoms with van der Waals surface area (Å²) in [5.74, 6) is -1.80. The van der Waals surface area contributed by atoms with E-state index in [2.05, 4.69) is 6.92 Å². The van der Waals surface area contributed by atoms with E-state index in [-0.39, 0.29) is 49.6 Å². The van der Waals surface area contributed by atoms with Crippen LogP contribution >= 0.6 is 0 Å². The van der Waals surface area contributed by atoms with Gasteiger partial charge in [0.1, 0.15) is 18.5 Å². The highest BCUT2D eigenvalue weighted by Crippen LogP contribution is 2.41. The summed E-state index contributed by atoms with van der Waals surface area (Å²) in [7, 11) is 1.91. The van der Waals surface area contributed by atoms with Crippen molar-refractivity contribution in [1.82, 2.24) is 9.80 Å². The second-order valence-corrected chi connectivity index (χ2v) is 11.3. The number of fused-ring (bicyclic) bond motifs is 1. The lowest BCUT2D eigenvalue weighted by Crippen LogP contribution is -2.46. The molecule has 0 bridgehead atoms. The first-order chi connectivity index (χ1) is 19.8. The Labute approximate surface area is 240 Å². The maximum absolute atomic E-state index is 13.9. The topological polar surface area (TPSA) is 111 Å². The highest BCUT2D eigenvalue weighted by molar-refractivity contribution is 6.01. The molecule has 10 nitrogen and oxygen atoms in total. The first-order valence-electron chi connectivity index (χ1n) is 14.6. The van der Waals surface area contributed by atoms with Gasteiger partial charge in [-0.25, -0.2) is 4.57 Å². The molecule has 0 unspecified atom stereocenters. The second-order valence-electron chi connectivity index (χ2n) is 11.3. The van der Waals surface area contributed by atoms with Crippen molar-refractivity contribution in [1.29, 1.82) is 0 Å². The monoisotopic (exact) mass is 563 g/mol. The van der Waals surface area contributed by atoms with Crippen molar-refractivity contribution in [3.63, 3.8) is 0 Å². The van der Waals surface area contributed by atoms with Crippen LogP contribution in [-0.2, 0) is 32.6 Å². The van der Waals surface area contributed by atoms with Gasteiger partial charge < -0.3 is 14.7 Å². The molecule has 3 aliphatic rings. The highest BCUT2D eigenvalue weighted by atomic mass is 16.5. The number of amides is 3. The van der Waals surface area contributed by atoms with E-state index in [0.717, 1.165) is 41.8 Å². The van der Waals surface area contributed by atoms with Crippen LogP contribution in [0.25, 0.3) is 0 Å². The minimum Gasteiger partial charge on any atom is -0.493 e. The summed E-state index contributed by atoms with van der Waals surface area (Å²) in [5, 5.41) is 10.5. The molecule has 4 heterocycles. The van der Waals surface area contributed by atoms with Gasteiger partial charge in [-0.15, -0.1) is 0 Å². The molecule has 2 saturated heterocycles. The molecule has 0 aliphatic carbocycles. The Bertz CT molecular complexity index is 1310. The van der Waals surface area contributed by atoms with Crippen LogP contribution in [0.15, 0.2) is 42.7 Å². The number of benzene rings is 1. The minimum absolute atomic E-state index is 0.0449. The van der Waals surface area contributed by atoms with Crippen LogP contribution < -0.4 is 14.2 Å². The Kier molecular flexibility index (Phi) is 8.68. The first kappa shape index (κ1) is 28.7. The number of hydrogen-bond donors (Lipinski definition) is 1. The lowest BCUT2D eigenvalue weighted by Gasteiger charge is -2.30. The molecule has 3 amide bonds. The Morgan fingerprint density at radius 1 is 1.15 bits per heavy atom. The molecule has 1 N–H and O–H groups in total. The smallest absolute Gasteiger partial charge is 0.308 e. The van der Waals surface area contributed by atoms with Gasteiger partial charge in [0.25, 0.3) is 0 Å². The van der Waals surface area contributed by atoms with Crippen LogP contribution in [0.1, 0.15) is 56.1 Å². The fraction of sp³-hybridized carbons (Fsp3) is 0.516. The third-order valence-electron chi connectivity index (χ3n) is 8.59. The van der Waals surface area contributed by atoms with Crippen molar-refractivity contribution in [2.75, 3.05) is 37.7 Å². The molecular weight excluding hydrogens is 524 g/mol. The molecule has 41 heavy (non-hydrogen) atoms. The van der Waals surface area contributed by atoms with Crippen molar-refractivity contribution in [3.8, 4) is 5.75 Å². The van der Waals surface area contributed by atoms with Crippen LogP contribution in [0.2, 0.25) is 0 Å². The second kappa shape index (κ2) is 12.4. The number of hydrogen-bond acceptors (Lipinski definition) is 6. The van der Waals surface area contributed by atoms with Gasteiger partial charge in [0.15, 0.2) is 12.4 Å². The van der Waals surface area contributed by atoms with Crippen LogP contribution in [-0.4, -0.2) is 77.4 Å². The lowest BCUT2D eigenvalue weighted by molar-refractivity contribution is -0.670. The fourth-order valence-corrected chi connectivity index (χ4v) is 6.47. The number of imide groups is 1. The van der Waals surface area contributed by atoms with E-state index < -0.39 is 17.9 Å². The van der Waals surface area contributed by atoms with E-state index in [1.54, 1.807) is 4.90 Å². The summed E-state index contributed by atoms with van der Waals surface area (Å²) in [5.41, 5.74) is 2.77. The number of anilines is 1. The summed E-state index contributed by atoms with van der Waals surface area (Å²) in [6.07, 6.45) is 7.04. The van der Waals surface area contributed by atoms with E-state index >= 15 is 0 Å².